The van der Waals surface area contributed by atoms with E-state index in [1.165, 1.54) is 12.1 Å². The van der Waals surface area contributed by atoms with E-state index in [1.807, 2.05) is 4.90 Å². The number of alkyl halides is 1. The van der Waals surface area contributed by atoms with Crippen molar-refractivity contribution in [2.45, 2.75) is 45.9 Å². The van der Waals surface area contributed by atoms with E-state index in [9.17, 15) is 8.78 Å². The molecule has 0 saturated carbocycles. The molecule has 0 spiro atoms. The van der Waals surface area contributed by atoms with E-state index in [0.717, 1.165) is 12.8 Å². The first-order valence-electron chi connectivity index (χ1n) is 7.64. The number of hydrogen-bond acceptors (Lipinski definition) is 1. The van der Waals surface area contributed by atoms with Gasteiger partial charge in [-0.3, -0.25) is 0 Å². The lowest BCUT2D eigenvalue weighted by molar-refractivity contribution is 0.512. The Morgan fingerprint density at radius 3 is 1.71 bits per heavy atom. The number of halogens is 3. The maximum atomic E-state index is 14.3. The molecule has 0 unspecified atom stereocenters. The van der Waals surface area contributed by atoms with Crippen LogP contribution in [0.3, 0.4) is 0 Å². The van der Waals surface area contributed by atoms with Crippen LogP contribution in [-0.2, 0) is 5.33 Å². The topological polar surface area (TPSA) is 3.24 Å². The summed E-state index contributed by atoms with van der Waals surface area (Å²) in [6, 6.07) is 2.84. The number of nitrogens with zero attached hydrogens (tertiary/aromatic N) is 1. The normalized spacial score (nSPS) is 11.5. The summed E-state index contributed by atoms with van der Waals surface area (Å²) in [4.78, 5) is 1.86. The molecule has 0 N–H and O–H groups in total. The molecule has 0 aliphatic rings. The van der Waals surface area contributed by atoms with E-state index in [4.69, 9.17) is 0 Å². The zero-order chi connectivity index (χ0) is 16.0. The van der Waals surface area contributed by atoms with E-state index in [1.54, 1.807) is 0 Å². The molecule has 0 amide bonds. The van der Waals surface area contributed by atoms with Gasteiger partial charge in [0.15, 0.2) is 0 Å². The Morgan fingerprint density at radius 2 is 1.38 bits per heavy atom. The standard InChI is InChI=1S/C17H26BrF2N/c1-12(2)5-7-21(8-6-13(3)4)17-15(19)9-14(11-18)10-16(17)20/h9-10,12-13H,5-8,11H2,1-4H3. The van der Waals surface area contributed by atoms with Crippen molar-refractivity contribution < 1.29 is 8.78 Å². The lowest BCUT2D eigenvalue weighted by atomic mass is 10.1. The molecule has 1 aromatic carbocycles. The highest BCUT2D eigenvalue weighted by Gasteiger charge is 2.18. The first-order valence-corrected chi connectivity index (χ1v) is 8.76. The minimum absolute atomic E-state index is 0.126. The lowest BCUT2D eigenvalue weighted by Crippen LogP contribution is -2.29. The van der Waals surface area contributed by atoms with Crippen molar-refractivity contribution in [3.63, 3.8) is 0 Å². The zero-order valence-electron chi connectivity index (χ0n) is 13.4. The second kappa shape index (κ2) is 8.72. The molecule has 0 aromatic heterocycles. The summed E-state index contributed by atoms with van der Waals surface area (Å²) in [6.45, 7) is 9.88. The summed E-state index contributed by atoms with van der Waals surface area (Å²) in [6.07, 6.45) is 1.86. The Balaban J connectivity index is 3.00. The van der Waals surface area contributed by atoms with Crippen LogP contribution < -0.4 is 4.90 Å². The van der Waals surface area contributed by atoms with Gasteiger partial charge in [-0.2, -0.15) is 0 Å². The fourth-order valence-electron chi connectivity index (χ4n) is 2.16. The Morgan fingerprint density at radius 1 is 0.952 bits per heavy atom. The van der Waals surface area contributed by atoms with Crippen LogP contribution in [0.2, 0.25) is 0 Å². The molecular weight excluding hydrogens is 336 g/mol. The summed E-state index contributed by atoms with van der Waals surface area (Å²) < 4.78 is 28.6. The van der Waals surface area contributed by atoms with Gasteiger partial charge in [0.2, 0.25) is 0 Å². The second-order valence-electron chi connectivity index (χ2n) is 6.39. The number of anilines is 1. The molecule has 1 nitrogen and oxygen atoms in total. The average Bonchev–Trinajstić information content (AvgIpc) is 2.39. The largest absolute Gasteiger partial charge is 0.367 e. The number of hydrogen-bond donors (Lipinski definition) is 0. The molecule has 0 radical (unpaired) electrons. The van der Waals surface area contributed by atoms with Gasteiger partial charge in [0, 0.05) is 18.4 Å². The smallest absolute Gasteiger partial charge is 0.149 e. The summed E-state index contributed by atoms with van der Waals surface area (Å²) in [7, 11) is 0. The second-order valence-corrected chi connectivity index (χ2v) is 6.95. The van der Waals surface area contributed by atoms with Crippen LogP contribution in [0.15, 0.2) is 12.1 Å². The molecule has 0 atom stereocenters. The van der Waals surface area contributed by atoms with Crippen molar-refractivity contribution in [2.75, 3.05) is 18.0 Å². The van der Waals surface area contributed by atoms with E-state index in [0.29, 0.717) is 35.8 Å². The quantitative estimate of drug-likeness (QED) is 0.532. The summed E-state index contributed by atoms with van der Waals surface area (Å²) in [5, 5.41) is 0.457. The molecule has 4 heteroatoms. The molecule has 0 heterocycles. The SMILES string of the molecule is CC(C)CCN(CCC(C)C)c1c(F)cc(CBr)cc1F. The van der Waals surface area contributed by atoms with Gasteiger partial charge in [-0.25, -0.2) is 8.78 Å². The highest BCUT2D eigenvalue weighted by Crippen LogP contribution is 2.27. The molecule has 21 heavy (non-hydrogen) atoms. The predicted octanol–water partition coefficient (Wildman–Crippen LogP) is 5.76. The Kier molecular flexibility index (Phi) is 7.64. The van der Waals surface area contributed by atoms with Gasteiger partial charge in [-0.1, -0.05) is 43.6 Å². The third-order valence-electron chi connectivity index (χ3n) is 3.50. The molecule has 0 aliphatic heterocycles. The maximum Gasteiger partial charge on any atom is 0.149 e. The highest BCUT2D eigenvalue weighted by molar-refractivity contribution is 9.08. The van der Waals surface area contributed by atoms with E-state index < -0.39 is 11.6 Å². The third kappa shape index (κ3) is 5.93. The van der Waals surface area contributed by atoms with Crippen LogP contribution in [0.1, 0.15) is 46.1 Å². The van der Waals surface area contributed by atoms with Crippen molar-refractivity contribution in [1.82, 2.24) is 0 Å². The summed E-state index contributed by atoms with van der Waals surface area (Å²) in [5.74, 6) is 0.105. The molecule has 0 aliphatic carbocycles. The monoisotopic (exact) mass is 361 g/mol. The van der Waals surface area contributed by atoms with Gasteiger partial charge in [0.25, 0.3) is 0 Å². The van der Waals surface area contributed by atoms with Gasteiger partial charge >= 0.3 is 0 Å². The minimum atomic E-state index is -0.461. The highest BCUT2D eigenvalue weighted by atomic mass is 79.9. The summed E-state index contributed by atoms with van der Waals surface area (Å²) >= 11 is 3.24. The molecule has 0 saturated heterocycles. The molecule has 120 valence electrons. The van der Waals surface area contributed by atoms with Crippen molar-refractivity contribution in [3.8, 4) is 0 Å². The van der Waals surface area contributed by atoms with Crippen LogP contribution >= 0.6 is 15.9 Å². The summed E-state index contributed by atoms with van der Waals surface area (Å²) in [5.41, 5.74) is 0.752. The molecule has 1 rings (SSSR count). The fraction of sp³-hybridized carbons (Fsp3) is 0.647. The zero-order valence-corrected chi connectivity index (χ0v) is 15.0. The van der Waals surface area contributed by atoms with Crippen LogP contribution in [0.25, 0.3) is 0 Å². The van der Waals surface area contributed by atoms with Crippen LogP contribution in [-0.4, -0.2) is 13.1 Å². The lowest BCUT2D eigenvalue weighted by Gasteiger charge is -2.27. The Labute approximate surface area is 135 Å². The minimum Gasteiger partial charge on any atom is -0.367 e. The van der Waals surface area contributed by atoms with Crippen LogP contribution in [0, 0.1) is 23.5 Å². The van der Waals surface area contributed by atoms with Gasteiger partial charge in [0.1, 0.15) is 17.3 Å². The third-order valence-corrected chi connectivity index (χ3v) is 4.15. The van der Waals surface area contributed by atoms with Gasteiger partial charge in [-0.15, -0.1) is 0 Å². The fourth-order valence-corrected chi connectivity index (χ4v) is 2.48. The molecule has 0 bridgehead atoms. The number of rotatable bonds is 8. The van der Waals surface area contributed by atoms with Crippen molar-refractivity contribution in [1.29, 1.82) is 0 Å². The van der Waals surface area contributed by atoms with E-state index in [-0.39, 0.29) is 5.69 Å². The first-order chi connectivity index (χ1) is 9.85. The van der Waals surface area contributed by atoms with Crippen molar-refractivity contribution in [2.24, 2.45) is 11.8 Å². The van der Waals surface area contributed by atoms with Crippen LogP contribution in [0.4, 0.5) is 14.5 Å². The van der Waals surface area contributed by atoms with E-state index >= 15 is 0 Å². The van der Waals surface area contributed by atoms with Crippen LogP contribution in [0.5, 0.6) is 0 Å². The maximum absolute atomic E-state index is 14.3. The van der Waals surface area contributed by atoms with Crippen molar-refractivity contribution >= 4 is 21.6 Å². The Bertz CT molecular complexity index is 411. The van der Waals surface area contributed by atoms with Gasteiger partial charge < -0.3 is 4.90 Å². The molecular formula is C17H26BrF2N. The molecule has 1 aromatic rings. The van der Waals surface area contributed by atoms with Gasteiger partial charge in [0.05, 0.1) is 0 Å². The van der Waals surface area contributed by atoms with Crippen molar-refractivity contribution in [3.05, 3.63) is 29.3 Å². The molecule has 0 fully saturated rings. The van der Waals surface area contributed by atoms with E-state index in [2.05, 4.69) is 43.6 Å². The Hall–Kier alpha value is -0.640. The predicted molar refractivity (Wildman–Crippen MR) is 90.1 cm³/mol. The first kappa shape index (κ1) is 18.4. The van der Waals surface area contributed by atoms with Gasteiger partial charge in [-0.05, 0) is 42.4 Å². The number of benzene rings is 1. The average molecular weight is 362 g/mol.